The molecule has 0 unspecified atom stereocenters. The lowest BCUT2D eigenvalue weighted by Gasteiger charge is -2.38. The average Bonchev–Trinajstić information content (AvgIpc) is 2.20. The third-order valence-corrected chi connectivity index (χ3v) is 2.88. The summed E-state index contributed by atoms with van der Waals surface area (Å²) in [6.07, 6.45) is 4.62. The summed E-state index contributed by atoms with van der Waals surface area (Å²) in [4.78, 5) is 6.56. The van der Waals surface area contributed by atoms with Crippen molar-refractivity contribution in [3.05, 3.63) is 23.4 Å². The van der Waals surface area contributed by atoms with E-state index in [1.807, 2.05) is 12.3 Å². The van der Waals surface area contributed by atoms with E-state index in [2.05, 4.69) is 37.6 Å². The molecule has 1 fully saturated rings. The van der Waals surface area contributed by atoms with Crippen molar-refractivity contribution >= 4 is 5.84 Å². The maximum atomic E-state index is 9.23. The number of aliphatic hydroxyl groups excluding tert-OH is 1. The molecule has 16 heavy (non-hydrogen) atoms. The van der Waals surface area contributed by atoms with E-state index in [4.69, 9.17) is 0 Å². The maximum Gasteiger partial charge on any atom is 0.104 e. The molecular formula is C13H22N2O. The molecule has 0 spiro atoms. The van der Waals surface area contributed by atoms with Gasteiger partial charge in [0.25, 0.3) is 0 Å². The first-order chi connectivity index (χ1) is 7.54. The number of β-amino-alcohol motifs (C(OH)–C–C–N with tert-alkyl or cyclic N) is 1. The molecule has 1 aliphatic heterocycles. The van der Waals surface area contributed by atoms with Gasteiger partial charge in [-0.1, -0.05) is 18.1 Å². The Morgan fingerprint density at radius 3 is 2.44 bits per heavy atom. The van der Waals surface area contributed by atoms with Crippen molar-refractivity contribution in [2.75, 3.05) is 13.1 Å². The number of nitrogens with zero attached hydrogens (tertiary/aromatic N) is 2. The summed E-state index contributed by atoms with van der Waals surface area (Å²) in [6, 6.07) is 0. The Morgan fingerprint density at radius 1 is 1.38 bits per heavy atom. The minimum Gasteiger partial charge on any atom is -0.389 e. The van der Waals surface area contributed by atoms with E-state index in [1.54, 1.807) is 0 Å². The first kappa shape index (κ1) is 13.0. The molecule has 0 radical (unpaired) electrons. The van der Waals surface area contributed by atoms with Crippen LogP contribution in [0.3, 0.4) is 0 Å². The summed E-state index contributed by atoms with van der Waals surface area (Å²) in [5.41, 5.74) is 2.56. The molecule has 0 aromatic carbocycles. The Hall–Kier alpha value is -1.09. The minimum atomic E-state index is -0.166. The van der Waals surface area contributed by atoms with Gasteiger partial charge in [-0.2, -0.15) is 0 Å². The van der Waals surface area contributed by atoms with Crippen LogP contribution >= 0.6 is 0 Å². The lowest BCUT2D eigenvalue weighted by molar-refractivity contribution is 0.0455. The van der Waals surface area contributed by atoms with Gasteiger partial charge in [-0.15, -0.1) is 0 Å². The molecule has 0 atom stereocenters. The summed E-state index contributed by atoms with van der Waals surface area (Å²) in [6.45, 7) is 9.81. The first-order valence-electron chi connectivity index (χ1n) is 5.85. The third-order valence-electron chi connectivity index (χ3n) is 2.88. The van der Waals surface area contributed by atoms with Gasteiger partial charge in [0.15, 0.2) is 0 Å². The van der Waals surface area contributed by atoms with Crippen LogP contribution in [-0.4, -0.2) is 35.0 Å². The Balaban J connectivity index is 2.57. The van der Waals surface area contributed by atoms with Crippen LogP contribution in [0.25, 0.3) is 0 Å². The fourth-order valence-electron chi connectivity index (χ4n) is 1.46. The number of allylic oxidation sites excluding steroid dienone is 3. The van der Waals surface area contributed by atoms with Gasteiger partial charge in [-0.05, 0) is 26.8 Å². The van der Waals surface area contributed by atoms with E-state index in [0.29, 0.717) is 0 Å². The predicted molar refractivity (Wildman–Crippen MR) is 68.5 cm³/mol. The molecule has 3 heteroatoms. The van der Waals surface area contributed by atoms with E-state index >= 15 is 0 Å². The van der Waals surface area contributed by atoms with E-state index in [1.165, 1.54) is 11.1 Å². The zero-order chi connectivity index (χ0) is 12.1. The lowest BCUT2D eigenvalue weighted by Crippen LogP contribution is -2.53. The molecule has 1 N–H and O–H groups in total. The Bertz CT molecular complexity index is 319. The van der Waals surface area contributed by atoms with E-state index < -0.39 is 0 Å². The average molecular weight is 222 g/mol. The van der Waals surface area contributed by atoms with Crippen LogP contribution in [-0.2, 0) is 0 Å². The fraction of sp³-hybridized carbons (Fsp3) is 0.615. The molecule has 1 aliphatic rings. The lowest BCUT2D eigenvalue weighted by atomic mass is 10.1. The monoisotopic (exact) mass is 222 g/mol. The summed E-state index contributed by atoms with van der Waals surface area (Å²) in [5, 5.41) is 9.23. The highest BCUT2D eigenvalue weighted by Crippen LogP contribution is 2.11. The molecule has 0 amide bonds. The van der Waals surface area contributed by atoms with E-state index in [0.717, 1.165) is 25.3 Å². The number of rotatable bonds is 3. The van der Waals surface area contributed by atoms with Gasteiger partial charge in [0, 0.05) is 25.7 Å². The quantitative estimate of drug-likeness (QED) is 0.452. The predicted octanol–water partition coefficient (Wildman–Crippen LogP) is 2.34. The second-order valence-corrected chi connectivity index (χ2v) is 4.46. The number of hydrogen-bond acceptors (Lipinski definition) is 2. The van der Waals surface area contributed by atoms with Crippen LogP contribution in [0.15, 0.2) is 28.4 Å². The number of likely N-dealkylation sites (tertiary alicyclic amines) is 1. The zero-order valence-corrected chi connectivity index (χ0v) is 10.7. The largest absolute Gasteiger partial charge is 0.389 e. The van der Waals surface area contributed by atoms with Crippen LogP contribution < -0.4 is 0 Å². The Morgan fingerprint density at radius 2 is 2.00 bits per heavy atom. The second-order valence-electron chi connectivity index (χ2n) is 4.46. The first-order valence-corrected chi connectivity index (χ1v) is 5.85. The normalized spacial score (nSPS) is 17.8. The third kappa shape index (κ3) is 3.49. The molecule has 1 saturated heterocycles. The highest BCUT2D eigenvalue weighted by atomic mass is 16.3. The number of aliphatic hydroxyl groups is 1. The molecule has 3 nitrogen and oxygen atoms in total. The Labute approximate surface area is 98.2 Å². The minimum absolute atomic E-state index is 0.166. The fourth-order valence-corrected chi connectivity index (χ4v) is 1.46. The Kier molecular flexibility index (Phi) is 4.74. The van der Waals surface area contributed by atoms with Crippen molar-refractivity contribution in [1.29, 1.82) is 0 Å². The summed E-state index contributed by atoms with van der Waals surface area (Å²) >= 11 is 0. The van der Waals surface area contributed by atoms with Crippen LogP contribution in [0.2, 0.25) is 0 Å². The van der Waals surface area contributed by atoms with Gasteiger partial charge in [0.2, 0.25) is 0 Å². The molecule has 0 bridgehead atoms. The van der Waals surface area contributed by atoms with Gasteiger partial charge in [0.1, 0.15) is 5.84 Å². The van der Waals surface area contributed by atoms with Crippen molar-refractivity contribution < 1.29 is 5.11 Å². The molecule has 90 valence electrons. The molecular weight excluding hydrogens is 200 g/mol. The van der Waals surface area contributed by atoms with Crippen LogP contribution in [0.1, 0.15) is 34.1 Å². The smallest absolute Gasteiger partial charge is 0.104 e. The number of aliphatic imine (C=N–C) groups is 1. The summed E-state index contributed by atoms with van der Waals surface area (Å²) in [7, 11) is 0. The number of hydrogen-bond donors (Lipinski definition) is 1. The number of amidine groups is 1. The maximum absolute atomic E-state index is 9.23. The molecule has 0 aliphatic carbocycles. The standard InChI is InChI=1S/C13H22N2O/c1-5-13(15-8-12(16)9-15)14-7-6-11(4)10(2)3/h6-7,12,16H,5,8-9H2,1-4H3/b7-6-,14-13?. The van der Waals surface area contributed by atoms with Gasteiger partial charge in [-0.25, -0.2) is 4.99 Å². The zero-order valence-electron chi connectivity index (χ0n) is 10.7. The molecule has 0 aromatic rings. The highest BCUT2D eigenvalue weighted by Gasteiger charge is 2.25. The van der Waals surface area contributed by atoms with Crippen LogP contribution in [0.4, 0.5) is 0 Å². The van der Waals surface area contributed by atoms with Crippen LogP contribution in [0.5, 0.6) is 0 Å². The summed E-state index contributed by atoms with van der Waals surface area (Å²) in [5.74, 6) is 1.06. The van der Waals surface area contributed by atoms with Crippen molar-refractivity contribution in [3.63, 3.8) is 0 Å². The second kappa shape index (κ2) is 5.85. The van der Waals surface area contributed by atoms with Gasteiger partial charge in [0.05, 0.1) is 6.10 Å². The molecule has 1 rings (SSSR count). The summed E-state index contributed by atoms with van der Waals surface area (Å²) < 4.78 is 0. The molecule has 0 saturated carbocycles. The van der Waals surface area contributed by atoms with E-state index in [9.17, 15) is 5.11 Å². The topological polar surface area (TPSA) is 35.8 Å². The molecule has 1 heterocycles. The van der Waals surface area contributed by atoms with Crippen molar-refractivity contribution in [2.45, 2.75) is 40.2 Å². The molecule has 0 aromatic heterocycles. The van der Waals surface area contributed by atoms with Crippen molar-refractivity contribution in [2.24, 2.45) is 4.99 Å². The van der Waals surface area contributed by atoms with Gasteiger partial charge in [-0.3, -0.25) is 0 Å². The van der Waals surface area contributed by atoms with Crippen LogP contribution in [0, 0.1) is 0 Å². The SMILES string of the molecule is CCC(=N/C=C\C(C)=C(C)C)N1CC(O)C1. The van der Waals surface area contributed by atoms with Crippen molar-refractivity contribution in [1.82, 2.24) is 4.90 Å². The van der Waals surface area contributed by atoms with Gasteiger partial charge >= 0.3 is 0 Å². The van der Waals surface area contributed by atoms with E-state index in [-0.39, 0.29) is 6.10 Å². The van der Waals surface area contributed by atoms with Gasteiger partial charge < -0.3 is 10.0 Å². The highest BCUT2D eigenvalue weighted by molar-refractivity contribution is 5.83. The van der Waals surface area contributed by atoms with Crippen molar-refractivity contribution in [3.8, 4) is 0 Å².